The number of nitrogens with zero attached hydrogens (tertiary/aromatic N) is 1. The van der Waals surface area contributed by atoms with Crippen LogP contribution in [0.3, 0.4) is 0 Å². The molecule has 2 aromatic carbocycles. The number of hydrogen-bond acceptors (Lipinski definition) is 2. The van der Waals surface area contributed by atoms with Crippen LogP contribution in [0.15, 0.2) is 54.6 Å². The number of phenols is 1. The highest BCUT2D eigenvalue weighted by Crippen LogP contribution is 2.38. The lowest BCUT2D eigenvalue weighted by molar-refractivity contribution is 0.0973. The summed E-state index contributed by atoms with van der Waals surface area (Å²) in [6.45, 7) is 2.09. The van der Waals surface area contributed by atoms with Gasteiger partial charge in [-0.1, -0.05) is 30.3 Å². The van der Waals surface area contributed by atoms with Crippen LogP contribution in [0.25, 0.3) is 0 Å². The van der Waals surface area contributed by atoms with E-state index in [0.29, 0.717) is 11.5 Å². The van der Waals surface area contributed by atoms with Crippen molar-refractivity contribution >= 4 is 11.6 Å². The molecule has 0 spiro atoms. The number of phenolic OH excluding ortho intramolecular Hbond substituents is 1. The van der Waals surface area contributed by atoms with Crippen molar-refractivity contribution in [2.45, 2.75) is 25.8 Å². The summed E-state index contributed by atoms with van der Waals surface area (Å²) in [6.07, 6.45) is 2.33. The monoisotopic (exact) mass is 281 g/mol. The molecule has 1 amide bonds. The number of para-hydroxylation sites is 2. The van der Waals surface area contributed by atoms with Crippen LogP contribution >= 0.6 is 0 Å². The van der Waals surface area contributed by atoms with Crippen LogP contribution in [0.1, 0.15) is 30.1 Å². The number of benzene rings is 2. The molecule has 3 rings (SSSR count). The number of aromatic hydroxyl groups is 1. The lowest BCUT2D eigenvalue weighted by Crippen LogP contribution is -2.40. The Morgan fingerprint density at radius 2 is 1.71 bits per heavy atom. The summed E-state index contributed by atoms with van der Waals surface area (Å²) in [5.74, 6) is 0.449. The van der Waals surface area contributed by atoms with Gasteiger partial charge in [-0.3, -0.25) is 4.79 Å². The van der Waals surface area contributed by atoms with E-state index < -0.39 is 0 Å². The Hall–Kier alpha value is -2.29. The first-order valence-corrected chi connectivity index (χ1v) is 7.35. The molecule has 1 saturated carbocycles. The molecule has 1 N–H and O–H groups in total. The van der Waals surface area contributed by atoms with Crippen molar-refractivity contribution < 1.29 is 9.90 Å². The zero-order valence-electron chi connectivity index (χ0n) is 12.1. The number of rotatable bonds is 4. The topological polar surface area (TPSA) is 40.5 Å². The first-order chi connectivity index (χ1) is 10.2. The molecule has 3 heteroatoms. The van der Waals surface area contributed by atoms with Crippen molar-refractivity contribution in [2.24, 2.45) is 5.92 Å². The average molecular weight is 281 g/mol. The van der Waals surface area contributed by atoms with Crippen LogP contribution < -0.4 is 4.90 Å². The van der Waals surface area contributed by atoms with Gasteiger partial charge in [-0.2, -0.15) is 0 Å². The Morgan fingerprint density at radius 3 is 2.33 bits per heavy atom. The predicted molar refractivity (Wildman–Crippen MR) is 83.5 cm³/mol. The zero-order chi connectivity index (χ0) is 14.8. The Labute approximate surface area is 124 Å². The molecule has 1 atom stereocenters. The fraction of sp³-hybridized carbons (Fsp3) is 0.278. The van der Waals surface area contributed by atoms with Gasteiger partial charge < -0.3 is 10.0 Å². The SMILES string of the molecule is C[C@@H](C1CC1)N(C(=O)c1ccccc1O)c1ccccc1. The normalized spacial score (nSPS) is 15.5. The van der Waals surface area contributed by atoms with Crippen LogP contribution in [0, 0.1) is 5.92 Å². The summed E-state index contributed by atoms with van der Waals surface area (Å²) in [5, 5.41) is 9.97. The van der Waals surface area contributed by atoms with E-state index in [9.17, 15) is 9.90 Å². The summed E-state index contributed by atoms with van der Waals surface area (Å²) >= 11 is 0. The fourth-order valence-electron chi connectivity index (χ4n) is 2.70. The van der Waals surface area contributed by atoms with Gasteiger partial charge in [0, 0.05) is 11.7 Å². The van der Waals surface area contributed by atoms with Crippen LogP contribution in [0.5, 0.6) is 5.75 Å². The predicted octanol–water partition coefficient (Wildman–Crippen LogP) is 3.84. The third kappa shape index (κ3) is 2.77. The quantitative estimate of drug-likeness (QED) is 0.925. The lowest BCUT2D eigenvalue weighted by atomic mass is 10.1. The molecule has 0 bridgehead atoms. The summed E-state index contributed by atoms with van der Waals surface area (Å²) in [5.41, 5.74) is 1.24. The van der Waals surface area contributed by atoms with Gasteiger partial charge >= 0.3 is 0 Å². The third-order valence-electron chi connectivity index (χ3n) is 4.10. The summed E-state index contributed by atoms with van der Waals surface area (Å²) in [7, 11) is 0. The highest BCUT2D eigenvalue weighted by atomic mass is 16.3. The highest BCUT2D eigenvalue weighted by molar-refractivity contribution is 6.08. The molecule has 1 fully saturated rings. The molecular formula is C18H19NO2. The molecule has 0 saturated heterocycles. The first-order valence-electron chi connectivity index (χ1n) is 7.35. The Kier molecular flexibility index (Phi) is 3.65. The van der Waals surface area contributed by atoms with Crippen molar-refractivity contribution in [3.8, 4) is 5.75 Å². The molecule has 0 radical (unpaired) electrons. The highest BCUT2D eigenvalue weighted by Gasteiger charge is 2.35. The molecule has 3 nitrogen and oxygen atoms in total. The van der Waals surface area contributed by atoms with E-state index in [-0.39, 0.29) is 17.7 Å². The Bertz CT molecular complexity index is 635. The fourth-order valence-corrected chi connectivity index (χ4v) is 2.70. The number of carbonyl (C=O) groups is 1. The van der Waals surface area contributed by atoms with Crippen molar-refractivity contribution in [2.75, 3.05) is 4.90 Å². The largest absolute Gasteiger partial charge is 0.507 e. The summed E-state index contributed by atoms with van der Waals surface area (Å²) < 4.78 is 0. The minimum atomic E-state index is -0.140. The van der Waals surface area contributed by atoms with Crippen molar-refractivity contribution in [3.05, 3.63) is 60.2 Å². The molecule has 0 aromatic heterocycles. The van der Waals surface area contributed by atoms with Gasteiger partial charge in [-0.05, 0) is 49.9 Å². The minimum Gasteiger partial charge on any atom is -0.507 e. The van der Waals surface area contributed by atoms with E-state index in [2.05, 4.69) is 6.92 Å². The van der Waals surface area contributed by atoms with Gasteiger partial charge in [0.1, 0.15) is 5.75 Å². The second-order valence-electron chi connectivity index (χ2n) is 5.61. The number of amides is 1. The number of anilines is 1. The van der Waals surface area contributed by atoms with Gasteiger partial charge in [0.15, 0.2) is 0 Å². The minimum absolute atomic E-state index is 0.0337. The van der Waals surface area contributed by atoms with Gasteiger partial charge in [-0.15, -0.1) is 0 Å². The second kappa shape index (κ2) is 5.60. The molecule has 108 valence electrons. The molecule has 2 aromatic rings. The third-order valence-corrected chi connectivity index (χ3v) is 4.10. The molecular weight excluding hydrogens is 262 g/mol. The van der Waals surface area contributed by atoms with E-state index in [1.165, 1.54) is 12.8 Å². The maximum atomic E-state index is 12.9. The molecule has 1 aliphatic carbocycles. The van der Waals surface area contributed by atoms with E-state index in [0.717, 1.165) is 5.69 Å². The molecule has 1 aliphatic rings. The zero-order valence-corrected chi connectivity index (χ0v) is 12.1. The first kappa shape index (κ1) is 13.7. The van der Waals surface area contributed by atoms with E-state index in [4.69, 9.17) is 0 Å². The average Bonchev–Trinajstić information content (AvgIpc) is 3.33. The van der Waals surface area contributed by atoms with E-state index >= 15 is 0 Å². The summed E-state index contributed by atoms with van der Waals surface area (Å²) in [6, 6.07) is 16.5. The van der Waals surface area contributed by atoms with Crippen LogP contribution in [-0.2, 0) is 0 Å². The van der Waals surface area contributed by atoms with Crippen molar-refractivity contribution in [3.63, 3.8) is 0 Å². The van der Waals surface area contributed by atoms with Gasteiger partial charge in [0.25, 0.3) is 5.91 Å². The van der Waals surface area contributed by atoms with Crippen LogP contribution in [0.4, 0.5) is 5.69 Å². The molecule has 21 heavy (non-hydrogen) atoms. The van der Waals surface area contributed by atoms with Gasteiger partial charge in [-0.25, -0.2) is 0 Å². The maximum absolute atomic E-state index is 12.9. The van der Waals surface area contributed by atoms with Crippen molar-refractivity contribution in [1.29, 1.82) is 0 Å². The molecule has 0 unspecified atom stereocenters. The second-order valence-corrected chi connectivity index (χ2v) is 5.61. The Balaban J connectivity index is 1.99. The smallest absolute Gasteiger partial charge is 0.262 e. The van der Waals surface area contributed by atoms with Crippen LogP contribution in [-0.4, -0.2) is 17.1 Å². The standard InChI is InChI=1S/C18H19NO2/c1-13(14-11-12-14)19(15-7-3-2-4-8-15)18(21)16-9-5-6-10-17(16)20/h2-10,13-14,20H,11-12H2,1H3/t13-/m0/s1. The lowest BCUT2D eigenvalue weighted by Gasteiger charge is -2.30. The Morgan fingerprint density at radius 1 is 1.10 bits per heavy atom. The number of carbonyl (C=O) groups excluding carboxylic acids is 1. The van der Waals surface area contributed by atoms with Crippen molar-refractivity contribution in [1.82, 2.24) is 0 Å². The van der Waals surface area contributed by atoms with Gasteiger partial charge in [0.05, 0.1) is 5.56 Å². The van der Waals surface area contributed by atoms with E-state index in [1.807, 2.05) is 35.2 Å². The number of hydrogen-bond donors (Lipinski definition) is 1. The molecule has 0 heterocycles. The molecule has 0 aliphatic heterocycles. The summed E-state index contributed by atoms with van der Waals surface area (Å²) in [4.78, 5) is 14.7. The van der Waals surface area contributed by atoms with Gasteiger partial charge in [0.2, 0.25) is 0 Å². The van der Waals surface area contributed by atoms with Crippen LogP contribution in [0.2, 0.25) is 0 Å². The van der Waals surface area contributed by atoms with E-state index in [1.54, 1.807) is 24.3 Å². The maximum Gasteiger partial charge on any atom is 0.262 e.